The van der Waals surface area contributed by atoms with Crippen LogP contribution < -0.4 is 5.56 Å². The molecule has 25 heavy (non-hydrogen) atoms. The van der Waals surface area contributed by atoms with E-state index < -0.39 is 5.56 Å². The summed E-state index contributed by atoms with van der Waals surface area (Å²) in [6.45, 7) is 2.00. The van der Waals surface area contributed by atoms with Crippen molar-refractivity contribution in [3.05, 3.63) is 40.4 Å². The number of nitrogens with zero attached hydrogens (tertiary/aromatic N) is 3. The highest BCUT2D eigenvalue weighted by Crippen LogP contribution is 2.35. The summed E-state index contributed by atoms with van der Waals surface area (Å²) in [6, 6.07) is 3.01. The minimum Gasteiger partial charge on any atom is -0.504 e. The molecule has 0 radical (unpaired) electrons. The van der Waals surface area contributed by atoms with Gasteiger partial charge in [-0.25, -0.2) is 4.98 Å². The molecule has 2 aromatic rings. The number of carbonyl (C=O) groups is 1. The molecular weight excluding hydrogens is 322 g/mol. The normalized spacial score (nSPS) is 23.9. The summed E-state index contributed by atoms with van der Waals surface area (Å²) in [6.07, 6.45) is 7.54. The zero-order chi connectivity index (χ0) is 17.4. The number of likely N-dealkylation sites (tertiary alicyclic amines) is 1. The van der Waals surface area contributed by atoms with Crippen LogP contribution in [0.15, 0.2) is 29.3 Å². The molecule has 0 saturated carbocycles. The lowest BCUT2D eigenvalue weighted by molar-refractivity contribution is -0.00692. The minimum atomic E-state index is -0.457. The first-order chi connectivity index (χ1) is 12.1. The van der Waals surface area contributed by atoms with Crippen molar-refractivity contribution in [1.82, 2.24) is 14.3 Å². The lowest BCUT2D eigenvalue weighted by Crippen LogP contribution is -2.37. The molecule has 4 rings (SSSR count). The SMILES string of the molecule is O=C(c1cnc2c(O)cccn2c1=O)N1CCC[C@]2(CCCO2)CC1. The number of fused-ring (bicyclic) bond motifs is 1. The van der Waals surface area contributed by atoms with Gasteiger partial charge in [0.2, 0.25) is 0 Å². The standard InChI is InChI=1S/C18H21N3O4/c22-14-4-1-9-21-15(14)19-12-13(17(21)24)16(23)20-8-2-5-18(7-10-20)6-3-11-25-18/h1,4,9,12,22H,2-3,5-8,10-11H2/t18-/m0/s1. The second kappa shape index (κ2) is 6.15. The summed E-state index contributed by atoms with van der Waals surface area (Å²) in [5.41, 5.74) is -0.357. The van der Waals surface area contributed by atoms with Gasteiger partial charge in [0.15, 0.2) is 11.4 Å². The molecule has 0 aliphatic carbocycles. The fraction of sp³-hybridized carbons (Fsp3) is 0.500. The van der Waals surface area contributed by atoms with E-state index >= 15 is 0 Å². The van der Waals surface area contributed by atoms with Gasteiger partial charge in [-0.15, -0.1) is 0 Å². The molecule has 2 aliphatic heterocycles. The van der Waals surface area contributed by atoms with E-state index in [9.17, 15) is 14.7 Å². The van der Waals surface area contributed by atoms with Crippen LogP contribution in [0.4, 0.5) is 0 Å². The third-order valence-corrected chi connectivity index (χ3v) is 5.31. The van der Waals surface area contributed by atoms with E-state index in [1.165, 1.54) is 22.9 Å². The van der Waals surface area contributed by atoms with Crippen molar-refractivity contribution in [1.29, 1.82) is 0 Å². The van der Waals surface area contributed by atoms with E-state index in [0.717, 1.165) is 38.7 Å². The Morgan fingerprint density at radius 1 is 1.24 bits per heavy atom. The number of hydrogen-bond acceptors (Lipinski definition) is 5. The molecule has 0 bridgehead atoms. The molecule has 1 amide bonds. The largest absolute Gasteiger partial charge is 0.504 e. The van der Waals surface area contributed by atoms with Crippen molar-refractivity contribution < 1.29 is 14.6 Å². The third-order valence-electron chi connectivity index (χ3n) is 5.31. The average molecular weight is 343 g/mol. The van der Waals surface area contributed by atoms with Crippen LogP contribution in [0.2, 0.25) is 0 Å². The van der Waals surface area contributed by atoms with Crippen LogP contribution in [0.5, 0.6) is 5.75 Å². The van der Waals surface area contributed by atoms with Crippen molar-refractivity contribution in [2.24, 2.45) is 0 Å². The molecule has 1 atom stereocenters. The van der Waals surface area contributed by atoms with E-state index in [1.54, 1.807) is 11.0 Å². The molecule has 2 aromatic heterocycles. The summed E-state index contributed by atoms with van der Waals surface area (Å²) in [7, 11) is 0. The number of aromatic hydroxyl groups is 1. The maximum atomic E-state index is 12.9. The van der Waals surface area contributed by atoms with Gasteiger partial charge in [-0.2, -0.15) is 0 Å². The van der Waals surface area contributed by atoms with Crippen LogP contribution in [0.3, 0.4) is 0 Å². The van der Waals surface area contributed by atoms with E-state index in [-0.39, 0.29) is 28.5 Å². The van der Waals surface area contributed by atoms with Crippen LogP contribution in [-0.4, -0.2) is 50.6 Å². The first-order valence-electron chi connectivity index (χ1n) is 8.72. The predicted molar refractivity (Wildman–Crippen MR) is 90.8 cm³/mol. The van der Waals surface area contributed by atoms with Crippen molar-refractivity contribution in [3.8, 4) is 5.75 Å². The Bertz CT molecular complexity index is 870. The van der Waals surface area contributed by atoms with Crippen molar-refractivity contribution in [3.63, 3.8) is 0 Å². The van der Waals surface area contributed by atoms with Gasteiger partial charge in [0.25, 0.3) is 11.5 Å². The molecule has 4 heterocycles. The van der Waals surface area contributed by atoms with E-state index in [2.05, 4.69) is 4.98 Å². The van der Waals surface area contributed by atoms with Crippen molar-refractivity contribution in [2.45, 2.75) is 37.7 Å². The first kappa shape index (κ1) is 16.1. The highest BCUT2D eigenvalue weighted by atomic mass is 16.5. The van der Waals surface area contributed by atoms with Gasteiger partial charge >= 0.3 is 0 Å². The fourth-order valence-electron chi connectivity index (χ4n) is 3.93. The number of aromatic nitrogens is 2. The van der Waals surface area contributed by atoms with Gasteiger partial charge in [-0.1, -0.05) is 0 Å². The smallest absolute Gasteiger partial charge is 0.270 e. The molecular formula is C18H21N3O4. The molecule has 1 spiro atoms. The molecule has 132 valence electrons. The number of hydrogen-bond donors (Lipinski definition) is 1. The van der Waals surface area contributed by atoms with Crippen LogP contribution in [0.1, 0.15) is 42.5 Å². The van der Waals surface area contributed by atoms with Crippen molar-refractivity contribution >= 4 is 11.6 Å². The summed E-state index contributed by atoms with van der Waals surface area (Å²) < 4.78 is 7.16. The molecule has 2 aliphatic rings. The minimum absolute atomic E-state index is 0.0337. The molecule has 0 aromatic carbocycles. The molecule has 2 fully saturated rings. The highest BCUT2D eigenvalue weighted by Gasteiger charge is 2.37. The molecule has 7 nitrogen and oxygen atoms in total. The Kier molecular flexibility index (Phi) is 3.95. The van der Waals surface area contributed by atoms with E-state index in [4.69, 9.17) is 4.74 Å². The maximum Gasteiger partial charge on any atom is 0.270 e. The van der Waals surface area contributed by atoms with Gasteiger partial charge in [0.1, 0.15) is 5.56 Å². The topological polar surface area (TPSA) is 84.1 Å². The summed E-state index contributed by atoms with van der Waals surface area (Å²) in [5, 5.41) is 9.80. The fourth-order valence-corrected chi connectivity index (χ4v) is 3.93. The number of pyridine rings is 1. The van der Waals surface area contributed by atoms with Crippen LogP contribution >= 0.6 is 0 Å². The zero-order valence-corrected chi connectivity index (χ0v) is 14.0. The maximum absolute atomic E-state index is 12.9. The first-order valence-corrected chi connectivity index (χ1v) is 8.72. The summed E-state index contributed by atoms with van der Waals surface area (Å²) >= 11 is 0. The Hall–Kier alpha value is -2.41. The number of carbonyl (C=O) groups excluding carboxylic acids is 1. The van der Waals surface area contributed by atoms with Gasteiger partial charge < -0.3 is 14.7 Å². The van der Waals surface area contributed by atoms with Crippen LogP contribution in [0.25, 0.3) is 5.65 Å². The Balaban J connectivity index is 1.62. The van der Waals surface area contributed by atoms with E-state index in [0.29, 0.717) is 13.1 Å². The second-order valence-electron chi connectivity index (χ2n) is 6.84. The van der Waals surface area contributed by atoms with E-state index in [1.807, 2.05) is 0 Å². The number of rotatable bonds is 1. The second-order valence-corrected chi connectivity index (χ2v) is 6.84. The summed E-state index contributed by atoms with van der Waals surface area (Å²) in [5.74, 6) is -0.390. The number of amides is 1. The Morgan fingerprint density at radius 3 is 2.88 bits per heavy atom. The average Bonchev–Trinajstić information content (AvgIpc) is 2.96. The predicted octanol–water partition coefficient (Wildman–Crippen LogP) is 1.58. The Morgan fingerprint density at radius 2 is 2.08 bits per heavy atom. The monoisotopic (exact) mass is 343 g/mol. The highest BCUT2D eigenvalue weighted by molar-refractivity contribution is 5.93. The van der Waals surface area contributed by atoms with Gasteiger partial charge in [0, 0.05) is 32.1 Å². The molecule has 1 N–H and O–H groups in total. The van der Waals surface area contributed by atoms with Gasteiger partial charge in [-0.3, -0.25) is 14.0 Å². The molecule has 2 saturated heterocycles. The van der Waals surface area contributed by atoms with Crippen LogP contribution in [0, 0.1) is 0 Å². The number of ether oxygens (including phenoxy) is 1. The zero-order valence-electron chi connectivity index (χ0n) is 14.0. The lowest BCUT2D eigenvalue weighted by Gasteiger charge is -2.26. The van der Waals surface area contributed by atoms with Crippen LogP contribution in [-0.2, 0) is 4.74 Å². The molecule has 0 unspecified atom stereocenters. The summed E-state index contributed by atoms with van der Waals surface area (Å²) in [4.78, 5) is 31.3. The quantitative estimate of drug-likeness (QED) is 0.850. The van der Waals surface area contributed by atoms with Crippen molar-refractivity contribution in [2.75, 3.05) is 19.7 Å². The lowest BCUT2D eigenvalue weighted by atomic mass is 9.92. The van der Waals surface area contributed by atoms with Gasteiger partial charge in [0.05, 0.1) is 5.60 Å². The molecule has 7 heteroatoms. The van der Waals surface area contributed by atoms with Gasteiger partial charge in [-0.05, 0) is 44.2 Å². The third kappa shape index (κ3) is 2.78. The Labute approximate surface area is 144 Å².